The first-order valence-electron chi connectivity index (χ1n) is 6.76. The molecule has 17 heavy (non-hydrogen) atoms. The zero-order valence-electron chi connectivity index (χ0n) is 10.5. The summed E-state index contributed by atoms with van der Waals surface area (Å²) in [4.78, 5) is 7.78. The van der Waals surface area contributed by atoms with Crippen LogP contribution in [0.3, 0.4) is 0 Å². The summed E-state index contributed by atoms with van der Waals surface area (Å²) in [6.07, 6.45) is 6.42. The van der Waals surface area contributed by atoms with Crippen molar-refractivity contribution < 1.29 is 0 Å². The summed E-state index contributed by atoms with van der Waals surface area (Å²) in [5.74, 6) is 1.47. The van der Waals surface area contributed by atoms with Crippen molar-refractivity contribution in [2.45, 2.75) is 51.9 Å². The molecule has 2 unspecified atom stereocenters. The van der Waals surface area contributed by atoms with E-state index < -0.39 is 0 Å². The zero-order chi connectivity index (χ0) is 11.6. The van der Waals surface area contributed by atoms with Crippen LogP contribution in [-0.2, 0) is 19.3 Å². The fraction of sp³-hybridized carbons (Fsp3) is 0.643. The van der Waals surface area contributed by atoms with Gasteiger partial charge in [-0.05, 0) is 38.0 Å². The molecular formula is C14H18N2S. The Morgan fingerprint density at radius 1 is 1.24 bits per heavy atom. The molecule has 2 aliphatic carbocycles. The summed E-state index contributed by atoms with van der Waals surface area (Å²) >= 11 is 1.94. The van der Waals surface area contributed by atoms with Crippen LogP contribution in [0.2, 0.25) is 0 Å². The predicted octanol–water partition coefficient (Wildman–Crippen LogP) is 3.57. The maximum Gasteiger partial charge on any atom is 0.194 e. The molecule has 0 fully saturated rings. The Bertz CT molecular complexity index is 593. The summed E-state index contributed by atoms with van der Waals surface area (Å²) in [7, 11) is 0. The van der Waals surface area contributed by atoms with Crippen LogP contribution in [0.5, 0.6) is 0 Å². The minimum atomic E-state index is 0.651. The minimum absolute atomic E-state index is 0.651. The Hall–Kier alpha value is -0.830. The molecule has 4 rings (SSSR count). The largest absolute Gasteiger partial charge is 0.291 e. The Labute approximate surface area is 106 Å². The third-order valence-electron chi connectivity index (χ3n) is 4.36. The zero-order valence-corrected chi connectivity index (χ0v) is 11.3. The molecule has 2 heterocycles. The minimum Gasteiger partial charge on any atom is -0.291 e. The second-order valence-corrected chi connectivity index (χ2v) is 6.90. The van der Waals surface area contributed by atoms with E-state index in [4.69, 9.17) is 4.98 Å². The maximum absolute atomic E-state index is 4.91. The Morgan fingerprint density at radius 2 is 2.12 bits per heavy atom. The second kappa shape index (κ2) is 3.35. The van der Waals surface area contributed by atoms with Gasteiger partial charge in [0.15, 0.2) is 4.96 Å². The molecule has 2 aromatic rings. The van der Waals surface area contributed by atoms with Crippen molar-refractivity contribution in [1.82, 2.24) is 9.38 Å². The molecule has 0 N–H and O–H groups in total. The van der Waals surface area contributed by atoms with Crippen molar-refractivity contribution in [2.24, 2.45) is 5.92 Å². The molecule has 0 amide bonds. The molecule has 0 radical (unpaired) electrons. The first-order chi connectivity index (χ1) is 8.24. The van der Waals surface area contributed by atoms with E-state index in [2.05, 4.69) is 18.2 Å². The van der Waals surface area contributed by atoms with Gasteiger partial charge in [-0.25, -0.2) is 4.98 Å². The third kappa shape index (κ3) is 1.29. The van der Waals surface area contributed by atoms with E-state index in [-0.39, 0.29) is 0 Å². The molecule has 3 heteroatoms. The Balaban J connectivity index is 2.00. The van der Waals surface area contributed by atoms with Crippen LogP contribution in [0.15, 0.2) is 0 Å². The number of imidazole rings is 1. The van der Waals surface area contributed by atoms with E-state index >= 15 is 0 Å². The van der Waals surface area contributed by atoms with Crippen LogP contribution < -0.4 is 0 Å². The van der Waals surface area contributed by atoms with Crippen molar-refractivity contribution in [3.63, 3.8) is 0 Å². The van der Waals surface area contributed by atoms with E-state index in [1.54, 1.807) is 10.6 Å². The summed E-state index contributed by atoms with van der Waals surface area (Å²) in [5.41, 5.74) is 4.51. The van der Waals surface area contributed by atoms with Gasteiger partial charge >= 0.3 is 0 Å². The van der Waals surface area contributed by atoms with Crippen molar-refractivity contribution in [3.05, 3.63) is 22.0 Å². The van der Waals surface area contributed by atoms with Crippen LogP contribution in [0, 0.1) is 5.92 Å². The van der Waals surface area contributed by atoms with Crippen LogP contribution in [0.1, 0.15) is 54.6 Å². The van der Waals surface area contributed by atoms with Gasteiger partial charge in [-0.3, -0.25) is 4.40 Å². The highest BCUT2D eigenvalue weighted by atomic mass is 32.1. The molecule has 0 saturated heterocycles. The van der Waals surface area contributed by atoms with Crippen molar-refractivity contribution in [3.8, 4) is 0 Å². The number of hydrogen-bond acceptors (Lipinski definition) is 2. The number of thiazole rings is 1. The van der Waals surface area contributed by atoms with Crippen LogP contribution in [-0.4, -0.2) is 9.38 Å². The van der Waals surface area contributed by atoms with Crippen LogP contribution in [0.25, 0.3) is 4.96 Å². The molecule has 2 aromatic heterocycles. The SMILES string of the molecule is CC1Cc2c(nc3sc4c(n23)CCC4)C(C)C1. The smallest absolute Gasteiger partial charge is 0.194 e. The average molecular weight is 246 g/mol. The highest BCUT2D eigenvalue weighted by molar-refractivity contribution is 7.17. The van der Waals surface area contributed by atoms with Crippen molar-refractivity contribution >= 4 is 16.3 Å². The number of aromatic nitrogens is 2. The van der Waals surface area contributed by atoms with E-state index in [0.29, 0.717) is 5.92 Å². The van der Waals surface area contributed by atoms with E-state index in [9.17, 15) is 0 Å². The monoisotopic (exact) mass is 246 g/mol. The number of nitrogens with zero attached hydrogens (tertiary/aromatic N) is 2. The average Bonchev–Trinajstić information content (AvgIpc) is 2.87. The van der Waals surface area contributed by atoms with Crippen molar-refractivity contribution in [1.29, 1.82) is 0 Å². The molecule has 0 spiro atoms. The quantitative estimate of drug-likeness (QED) is 0.694. The predicted molar refractivity (Wildman–Crippen MR) is 71.0 cm³/mol. The highest BCUT2D eigenvalue weighted by Gasteiger charge is 2.30. The molecule has 0 bridgehead atoms. The summed E-state index contributed by atoms with van der Waals surface area (Å²) in [5, 5.41) is 0. The van der Waals surface area contributed by atoms with Gasteiger partial charge in [-0.15, -0.1) is 11.3 Å². The normalized spacial score (nSPS) is 27.4. The summed E-state index contributed by atoms with van der Waals surface area (Å²) in [6, 6.07) is 0. The van der Waals surface area contributed by atoms with Gasteiger partial charge in [0.2, 0.25) is 0 Å². The van der Waals surface area contributed by atoms with Gasteiger partial charge in [0.25, 0.3) is 0 Å². The third-order valence-corrected chi connectivity index (χ3v) is 5.50. The first kappa shape index (κ1) is 10.1. The molecule has 0 aliphatic heterocycles. The standard InChI is InChI=1S/C14H18N2S/c1-8-6-9(2)13-11(7-8)16-10-4-3-5-12(10)17-14(16)15-13/h8-9H,3-7H2,1-2H3. The lowest BCUT2D eigenvalue weighted by Crippen LogP contribution is -2.16. The van der Waals surface area contributed by atoms with Gasteiger partial charge in [0.05, 0.1) is 5.69 Å². The molecular weight excluding hydrogens is 228 g/mol. The number of aryl methyl sites for hydroxylation is 2. The Kier molecular flexibility index (Phi) is 1.99. The number of fused-ring (bicyclic) bond motifs is 5. The van der Waals surface area contributed by atoms with E-state index in [1.165, 1.54) is 48.5 Å². The van der Waals surface area contributed by atoms with Gasteiger partial charge < -0.3 is 0 Å². The molecule has 90 valence electrons. The lowest BCUT2D eigenvalue weighted by atomic mass is 9.84. The van der Waals surface area contributed by atoms with Crippen molar-refractivity contribution in [2.75, 3.05) is 0 Å². The van der Waals surface area contributed by atoms with E-state index in [1.807, 2.05) is 11.3 Å². The summed E-state index contributed by atoms with van der Waals surface area (Å²) < 4.78 is 2.51. The first-order valence-corrected chi connectivity index (χ1v) is 7.57. The lowest BCUT2D eigenvalue weighted by molar-refractivity contribution is 0.437. The fourth-order valence-corrected chi connectivity index (χ4v) is 4.90. The topological polar surface area (TPSA) is 17.3 Å². The Morgan fingerprint density at radius 3 is 3.00 bits per heavy atom. The lowest BCUT2D eigenvalue weighted by Gasteiger charge is -2.23. The number of hydrogen-bond donors (Lipinski definition) is 0. The van der Waals surface area contributed by atoms with Crippen LogP contribution >= 0.6 is 11.3 Å². The second-order valence-electron chi connectivity index (χ2n) is 5.83. The molecule has 2 nitrogen and oxygen atoms in total. The molecule has 2 atom stereocenters. The van der Waals surface area contributed by atoms with Gasteiger partial charge in [0, 0.05) is 22.2 Å². The number of rotatable bonds is 0. The van der Waals surface area contributed by atoms with Crippen LogP contribution in [0.4, 0.5) is 0 Å². The van der Waals surface area contributed by atoms with E-state index in [0.717, 1.165) is 5.92 Å². The van der Waals surface area contributed by atoms with Gasteiger partial charge in [-0.1, -0.05) is 13.8 Å². The molecule has 2 aliphatic rings. The van der Waals surface area contributed by atoms with Gasteiger partial charge in [0.1, 0.15) is 0 Å². The molecule has 0 aromatic carbocycles. The van der Waals surface area contributed by atoms with Gasteiger partial charge in [-0.2, -0.15) is 0 Å². The summed E-state index contributed by atoms with van der Waals surface area (Å²) in [6.45, 7) is 4.72. The maximum atomic E-state index is 4.91. The highest BCUT2D eigenvalue weighted by Crippen LogP contribution is 2.39. The fourth-order valence-electron chi connectivity index (χ4n) is 3.67. The molecule has 0 saturated carbocycles.